The molecule has 5 rings (SSSR count). The lowest BCUT2D eigenvalue weighted by Gasteiger charge is -2.16. The van der Waals surface area contributed by atoms with E-state index in [4.69, 9.17) is 4.98 Å². The normalized spacial score (nSPS) is 11.6. The molecule has 0 bridgehead atoms. The molecule has 0 aliphatic rings. The van der Waals surface area contributed by atoms with Gasteiger partial charge in [0.25, 0.3) is 0 Å². The fourth-order valence-corrected chi connectivity index (χ4v) is 5.44. The highest BCUT2D eigenvalue weighted by Gasteiger charge is 2.14. The van der Waals surface area contributed by atoms with E-state index in [9.17, 15) is 0 Å². The van der Waals surface area contributed by atoms with Crippen LogP contribution in [-0.2, 0) is 12.8 Å². The second-order valence-electron chi connectivity index (χ2n) is 10.7. The lowest BCUT2D eigenvalue weighted by atomic mass is 9.90. The molecule has 0 saturated heterocycles. The second-order valence-corrected chi connectivity index (χ2v) is 10.7. The minimum absolute atomic E-state index is 0.395. The lowest BCUT2D eigenvalue weighted by Crippen LogP contribution is -1.96. The number of nitrogens with zero attached hydrogens (tertiary/aromatic N) is 1. The van der Waals surface area contributed by atoms with Gasteiger partial charge in [-0.2, -0.15) is 0 Å². The van der Waals surface area contributed by atoms with Gasteiger partial charge in [0.1, 0.15) is 0 Å². The number of fused-ring (bicyclic) bond motifs is 2. The Morgan fingerprint density at radius 3 is 1.32 bits per heavy atom. The second kappa shape index (κ2) is 11.3. The van der Waals surface area contributed by atoms with Crippen LogP contribution in [0.15, 0.2) is 84.9 Å². The average Bonchev–Trinajstić information content (AvgIpc) is 2.93. The first kappa shape index (κ1) is 25.2. The van der Waals surface area contributed by atoms with Gasteiger partial charge in [-0.3, -0.25) is 0 Å². The Balaban J connectivity index is 1.57. The molecule has 1 aromatic heterocycles. The van der Waals surface area contributed by atoms with Gasteiger partial charge in [-0.25, -0.2) is 4.98 Å². The van der Waals surface area contributed by atoms with Gasteiger partial charge in [-0.1, -0.05) is 101 Å². The van der Waals surface area contributed by atoms with Crippen LogP contribution < -0.4 is 0 Å². The maximum absolute atomic E-state index is 5.09. The molecule has 1 nitrogen and oxygen atoms in total. The Hall–Kier alpha value is -3.45. The third-order valence-corrected chi connectivity index (χ3v) is 7.60. The van der Waals surface area contributed by atoms with Crippen LogP contribution in [0.25, 0.3) is 44.1 Å². The molecule has 0 amide bonds. The summed E-state index contributed by atoms with van der Waals surface area (Å²) in [5.41, 5.74) is 11.5. The summed E-state index contributed by atoms with van der Waals surface area (Å²) in [5, 5.41) is 2.53. The van der Waals surface area contributed by atoms with Crippen molar-refractivity contribution in [1.29, 1.82) is 0 Å². The maximum Gasteiger partial charge on any atom is 0.0713 e. The molecule has 37 heavy (non-hydrogen) atoms. The fraction of sp³-hybridized carbons (Fsp3) is 0.306. The van der Waals surface area contributed by atoms with Crippen molar-refractivity contribution >= 4 is 21.8 Å². The van der Waals surface area contributed by atoms with Gasteiger partial charge in [0, 0.05) is 10.8 Å². The van der Waals surface area contributed by atoms with Crippen LogP contribution in [0, 0.1) is 0 Å². The highest BCUT2D eigenvalue weighted by atomic mass is 14.7. The Morgan fingerprint density at radius 1 is 0.541 bits per heavy atom. The summed E-state index contributed by atoms with van der Waals surface area (Å²) in [6, 6.07) is 31.8. The molecule has 1 heterocycles. The maximum atomic E-state index is 5.09. The molecular weight excluding hydrogens is 446 g/mol. The molecule has 0 aliphatic carbocycles. The average molecular weight is 486 g/mol. The highest BCUT2D eigenvalue weighted by molar-refractivity contribution is 6.01. The number of pyridine rings is 1. The molecule has 0 aliphatic heterocycles. The van der Waals surface area contributed by atoms with Crippen molar-refractivity contribution in [3.63, 3.8) is 0 Å². The van der Waals surface area contributed by atoms with Crippen LogP contribution >= 0.6 is 0 Å². The lowest BCUT2D eigenvalue weighted by molar-refractivity contribution is 0.795. The number of hydrogen-bond donors (Lipinski definition) is 0. The largest absolute Gasteiger partial charge is 0.248 e. The number of hydrogen-bond acceptors (Lipinski definition) is 1. The zero-order chi connectivity index (χ0) is 25.8. The summed E-state index contributed by atoms with van der Waals surface area (Å²) in [4.78, 5) is 5.09. The van der Waals surface area contributed by atoms with Crippen molar-refractivity contribution in [1.82, 2.24) is 4.98 Å². The minimum Gasteiger partial charge on any atom is -0.248 e. The summed E-state index contributed by atoms with van der Waals surface area (Å²) in [6.45, 7) is 9.11. The zero-order valence-electron chi connectivity index (χ0n) is 22.9. The van der Waals surface area contributed by atoms with Crippen LogP contribution in [0.1, 0.15) is 76.0 Å². The van der Waals surface area contributed by atoms with E-state index in [1.165, 1.54) is 75.4 Å². The van der Waals surface area contributed by atoms with Crippen LogP contribution in [-0.4, -0.2) is 4.98 Å². The van der Waals surface area contributed by atoms with Crippen molar-refractivity contribution in [2.24, 2.45) is 0 Å². The Bertz CT molecular complexity index is 1380. The van der Waals surface area contributed by atoms with E-state index >= 15 is 0 Å². The van der Waals surface area contributed by atoms with E-state index in [-0.39, 0.29) is 0 Å². The van der Waals surface area contributed by atoms with Crippen LogP contribution in [0.5, 0.6) is 0 Å². The minimum atomic E-state index is 0.395. The topological polar surface area (TPSA) is 12.9 Å². The number of aromatic nitrogens is 1. The van der Waals surface area contributed by atoms with Gasteiger partial charge in [-0.15, -0.1) is 0 Å². The van der Waals surface area contributed by atoms with E-state index in [1.54, 1.807) is 0 Å². The van der Waals surface area contributed by atoms with Crippen LogP contribution in [0.2, 0.25) is 0 Å². The molecular formula is C36H39N. The van der Waals surface area contributed by atoms with Crippen molar-refractivity contribution in [3.8, 4) is 22.3 Å². The Kier molecular flexibility index (Phi) is 7.70. The summed E-state index contributed by atoms with van der Waals surface area (Å²) >= 11 is 0. The first-order valence-electron chi connectivity index (χ1n) is 14.1. The summed E-state index contributed by atoms with van der Waals surface area (Å²) < 4.78 is 0. The van der Waals surface area contributed by atoms with E-state index in [2.05, 4.69) is 113 Å². The summed E-state index contributed by atoms with van der Waals surface area (Å²) in [7, 11) is 0. The van der Waals surface area contributed by atoms with Gasteiger partial charge >= 0.3 is 0 Å². The van der Waals surface area contributed by atoms with E-state index < -0.39 is 0 Å². The number of unbranched alkanes of at least 4 members (excludes halogenated alkanes) is 2. The van der Waals surface area contributed by atoms with Gasteiger partial charge in [0.2, 0.25) is 0 Å². The van der Waals surface area contributed by atoms with Crippen molar-refractivity contribution in [2.75, 3.05) is 0 Å². The van der Waals surface area contributed by atoms with E-state index in [1.807, 2.05) is 0 Å². The molecule has 0 spiro atoms. The quantitative estimate of drug-likeness (QED) is 0.189. The Morgan fingerprint density at radius 2 is 0.946 bits per heavy atom. The smallest absolute Gasteiger partial charge is 0.0713 e. The standard InChI is InChI=1S/C36H39N/c1-5-7-9-26-11-15-28(16-12-26)30-19-21-34-32(23-30)36(25(3)4)33-24-31(20-22-35(33)37-34)29-17-13-27(14-18-29)10-8-6-2/h11-25H,5-10H2,1-4H3. The van der Waals surface area contributed by atoms with Crippen molar-refractivity contribution in [2.45, 2.75) is 72.1 Å². The molecule has 0 fully saturated rings. The Labute approximate surface area is 222 Å². The summed E-state index contributed by atoms with van der Waals surface area (Å²) in [6.07, 6.45) is 7.28. The first-order valence-corrected chi connectivity index (χ1v) is 14.1. The molecule has 1 heteroatoms. The third kappa shape index (κ3) is 5.47. The number of rotatable bonds is 9. The predicted molar refractivity (Wildman–Crippen MR) is 161 cm³/mol. The summed E-state index contributed by atoms with van der Waals surface area (Å²) in [5.74, 6) is 0.395. The molecule has 4 aromatic carbocycles. The number of aryl methyl sites for hydroxylation is 2. The van der Waals surface area contributed by atoms with Crippen LogP contribution in [0.3, 0.4) is 0 Å². The van der Waals surface area contributed by atoms with Gasteiger partial charge in [0.05, 0.1) is 11.0 Å². The monoisotopic (exact) mass is 485 g/mol. The molecule has 5 aromatic rings. The molecule has 0 unspecified atom stereocenters. The number of benzene rings is 4. The molecule has 0 saturated carbocycles. The van der Waals surface area contributed by atoms with Gasteiger partial charge in [-0.05, 0) is 94.8 Å². The van der Waals surface area contributed by atoms with Crippen molar-refractivity contribution < 1.29 is 0 Å². The predicted octanol–water partition coefficient (Wildman–Crippen LogP) is 10.5. The first-order chi connectivity index (χ1) is 18.1. The molecule has 0 atom stereocenters. The third-order valence-electron chi connectivity index (χ3n) is 7.60. The van der Waals surface area contributed by atoms with Gasteiger partial charge in [0.15, 0.2) is 0 Å². The van der Waals surface area contributed by atoms with E-state index in [0.717, 1.165) is 23.9 Å². The molecule has 0 radical (unpaired) electrons. The molecule has 188 valence electrons. The van der Waals surface area contributed by atoms with Crippen molar-refractivity contribution in [3.05, 3.63) is 102 Å². The fourth-order valence-electron chi connectivity index (χ4n) is 5.44. The highest BCUT2D eigenvalue weighted by Crippen LogP contribution is 2.36. The van der Waals surface area contributed by atoms with Gasteiger partial charge < -0.3 is 0 Å². The van der Waals surface area contributed by atoms with E-state index in [0.29, 0.717) is 5.92 Å². The zero-order valence-corrected chi connectivity index (χ0v) is 22.9. The molecule has 0 N–H and O–H groups in total. The SMILES string of the molecule is CCCCc1ccc(-c2ccc3nc4ccc(-c5ccc(CCCC)cc5)cc4c(C(C)C)c3c2)cc1. The van der Waals surface area contributed by atoms with Crippen LogP contribution in [0.4, 0.5) is 0 Å².